The van der Waals surface area contributed by atoms with Gasteiger partial charge < -0.3 is 10.6 Å². The number of hydrogen-bond donors (Lipinski definition) is 1. The zero-order valence-corrected chi connectivity index (χ0v) is 13.8. The van der Waals surface area contributed by atoms with E-state index in [4.69, 9.17) is 18.0 Å². The van der Waals surface area contributed by atoms with Crippen molar-refractivity contribution >= 4 is 27.2 Å². The minimum atomic E-state index is -3.60. The van der Waals surface area contributed by atoms with E-state index in [0.29, 0.717) is 19.1 Å². The Bertz CT molecular complexity index is 623. The summed E-state index contributed by atoms with van der Waals surface area (Å²) in [5.74, 6) is 0. The zero-order chi connectivity index (χ0) is 15.6. The SMILES string of the molecule is CN(C)C1CCN(S(=O)(=O)c2cccnc2C(N)=S)CC1. The standard InChI is InChI=1S/C13H20N4O2S2/c1-16(2)10-5-8-17(9-6-10)21(18,19)11-4-3-7-15-12(11)13(14)20/h3-4,7,10H,5-6,8-9H2,1-2H3,(H2,14,20). The molecule has 1 aromatic rings. The summed E-state index contributed by atoms with van der Waals surface area (Å²) in [6, 6.07) is 3.51. The summed E-state index contributed by atoms with van der Waals surface area (Å²) in [7, 11) is 0.428. The second-order valence-electron chi connectivity index (χ2n) is 5.31. The van der Waals surface area contributed by atoms with Crippen molar-refractivity contribution in [2.75, 3.05) is 27.2 Å². The van der Waals surface area contributed by atoms with E-state index < -0.39 is 10.0 Å². The van der Waals surface area contributed by atoms with E-state index in [9.17, 15) is 8.42 Å². The van der Waals surface area contributed by atoms with Crippen molar-refractivity contribution in [1.29, 1.82) is 0 Å². The first-order valence-corrected chi connectivity index (χ1v) is 8.60. The summed E-state index contributed by atoms with van der Waals surface area (Å²) in [6.45, 7) is 0.994. The second-order valence-corrected chi connectivity index (χ2v) is 7.66. The summed E-state index contributed by atoms with van der Waals surface area (Å²) < 4.78 is 27.0. The first-order valence-electron chi connectivity index (χ1n) is 6.75. The van der Waals surface area contributed by atoms with Gasteiger partial charge in [-0.05, 0) is 39.1 Å². The largest absolute Gasteiger partial charge is 0.388 e. The Hall–Kier alpha value is -1.09. The summed E-state index contributed by atoms with van der Waals surface area (Å²) >= 11 is 4.90. The van der Waals surface area contributed by atoms with Crippen LogP contribution in [0.4, 0.5) is 0 Å². The topological polar surface area (TPSA) is 79.5 Å². The van der Waals surface area contributed by atoms with E-state index >= 15 is 0 Å². The minimum Gasteiger partial charge on any atom is -0.388 e. The van der Waals surface area contributed by atoms with Gasteiger partial charge in [-0.25, -0.2) is 8.42 Å². The third-order valence-corrected chi connectivity index (χ3v) is 5.90. The van der Waals surface area contributed by atoms with Crippen molar-refractivity contribution in [2.24, 2.45) is 5.73 Å². The van der Waals surface area contributed by atoms with Gasteiger partial charge >= 0.3 is 0 Å². The van der Waals surface area contributed by atoms with Gasteiger partial charge in [-0.2, -0.15) is 4.31 Å². The predicted molar refractivity (Wildman–Crippen MR) is 85.6 cm³/mol. The first-order chi connectivity index (χ1) is 9.84. The van der Waals surface area contributed by atoms with E-state index in [0.717, 1.165) is 12.8 Å². The Morgan fingerprint density at radius 3 is 2.57 bits per heavy atom. The van der Waals surface area contributed by atoms with Crippen LogP contribution < -0.4 is 5.73 Å². The van der Waals surface area contributed by atoms with Crippen LogP contribution in [-0.4, -0.2) is 60.8 Å². The second kappa shape index (κ2) is 6.35. The van der Waals surface area contributed by atoms with E-state index in [1.807, 2.05) is 14.1 Å². The highest BCUT2D eigenvalue weighted by Crippen LogP contribution is 2.23. The Morgan fingerprint density at radius 2 is 2.05 bits per heavy atom. The maximum atomic E-state index is 12.7. The molecule has 2 N–H and O–H groups in total. The fourth-order valence-corrected chi connectivity index (χ4v) is 4.38. The number of nitrogens with two attached hydrogens (primary N) is 1. The van der Waals surface area contributed by atoms with Crippen molar-refractivity contribution in [2.45, 2.75) is 23.8 Å². The first kappa shape index (κ1) is 16.3. The quantitative estimate of drug-likeness (QED) is 0.808. The number of sulfonamides is 1. The molecular formula is C13H20N4O2S2. The molecule has 0 saturated carbocycles. The van der Waals surface area contributed by atoms with Crippen LogP contribution >= 0.6 is 12.2 Å². The Balaban J connectivity index is 2.26. The third-order valence-electron chi connectivity index (χ3n) is 3.78. The molecule has 0 bridgehead atoms. The van der Waals surface area contributed by atoms with Crippen molar-refractivity contribution in [3.63, 3.8) is 0 Å². The molecule has 8 heteroatoms. The van der Waals surface area contributed by atoms with Crippen LogP contribution in [0.2, 0.25) is 0 Å². The number of thiocarbonyl (C=S) groups is 1. The number of hydrogen-bond acceptors (Lipinski definition) is 5. The van der Waals surface area contributed by atoms with Gasteiger partial charge in [0.15, 0.2) is 0 Å². The van der Waals surface area contributed by atoms with E-state index in [1.54, 1.807) is 6.07 Å². The fourth-order valence-electron chi connectivity index (χ4n) is 2.52. The average Bonchev–Trinajstić information content (AvgIpc) is 2.47. The van der Waals surface area contributed by atoms with Gasteiger partial charge in [-0.1, -0.05) is 12.2 Å². The molecule has 1 aliphatic rings. The molecule has 1 aliphatic heterocycles. The Kier molecular flexibility index (Phi) is 4.92. The van der Waals surface area contributed by atoms with Crippen LogP contribution in [0, 0.1) is 0 Å². The highest BCUT2D eigenvalue weighted by atomic mass is 32.2. The molecule has 0 amide bonds. The molecule has 116 valence electrons. The van der Waals surface area contributed by atoms with Crippen LogP contribution in [0.5, 0.6) is 0 Å². The lowest BCUT2D eigenvalue weighted by atomic mass is 10.1. The number of rotatable bonds is 4. The number of piperidine rings is 1. The molecule has 21 heavy (non-hydrogen) atoms. The molecule has 6 nitrogen and oxygen atoms in total. The molecule has 1 aromatic heterocycles. The monoisotopic (exact) mass is 328 g/mol. The van der Waals surface area contributed by atoms with Gasteiger partial charge in [0.25, 0.3) is 0 Å². The fraction of sp³-hybridized carbons (Fsp3) is 0.538. The van der Waals surface area contributed by atoms with Crippen molar-refractivity contribution in [3.8, 4) is 0 Å². The molecule has 1 fully saturated rings. The molecule has 0 aromatic carbocycles. The van der Waals surface area contributed by atoms with Crippen LogP contribution in [0.1, 0.15) is 18.5 Å². The third kappa shape index (κ3) is 3.39. The normalized spacial score (nSPS) is 18.0. The van der Waals surface area contributed by atoms with E-state index in [1.165, 1.54) is 16.6 Å². The van der Waals surface area contributed by atoms with Gasteiger partial charge in [0, 0.05) is 25.3 Å². The molecular weight excluding hydrogens is 308 g/mol. The predicted octanol–water partition coefficient (Wildman–Crippen LogP) is 0.431. The summed E-state index contributed by atoms with van der Waals surface area (Å²) in [6.07, 6.45) is 3.12. The average molecular weight is 328 g/mol. The molecule has 0 atom stereocenters. The van der Waals surface area contributed by atoms with E-state index in [2.05, 4.69) is 9.88 Å². The molecule has 0 unspecified atom stereocenters. The van der Waals surface area contributed by atoms with Crippen LogP contribution in [0.15, 0.2) is 23.2 Å². The highest BCUT2D eigenvalue weighted by molar-refractivity contribution is 7.89. The van der Waals surface area contributed by atoms with Gasteiger partial charge in [0.05, 0.1) is 0 Å². The number of aromatic nitrogens is 1. The summed E-state index contributed by atoms with van der Waals surface area (Å²) in [5, 5.41) is 0. The minimum absolute atomic E-state index is 0.00245. The van der Waals surface area contributed by atoms with Crippen LogP contribution in [0.3, 0.4) is 0 Å². The van der Waals surface area contributed by atoms with E-state index in [-0.39, 0.29) is 15.6 Å². The lowest BCUT2D eigenvalue weighted by molar-refractivity contribution is 0.196. The maximum absolute atomic E-state index is 12.7. The molecule has 0 aliphatic carbocycles. The van der Waals surface area contributed by atoms with Crippen molar-refractivity contribution in [1.82, 2.24) is 14.2 Å². The van der Waals surface area contributed by atoms with Gasteiger partial charge in [0.1, 0.15) is 15.6 Å². The number of pyridine rings is 1. The van der Waals surface area contributed by atoms with Crippen LogP contribution in [-0.2, 0) is 10.0 Å². The summed E-state index contributed by atoms with van der Waals surface area (Å²) in [5.41, 5.74) is 5.75. The Morgan fingerprint density at radius 1 is 1.43 bits per heavy atom. The zero-order valence-electron chi connectivity index (χ0n) is 12.2. The molecule has 2 heterocycles. The number of nitrogens with zero attached hydrogens (tertiary/aromatic N) is 3. The van der Waals surface area contributed by atoms with Gasteiger partial charge in [-0.15, -0.1) is 0 Å². The molecule has 1 saturated heterocycles. The highest BCUT2D eigenvalue weighted by Gasteiger charge is 2.32. The Labute approximate surface area is 131 Å². The van der Waals surface area contributed by atoms with Crippen LogP contribution in [0.25, 0.3) is 0 Å². The lowest BCUT2D eigenvalue weighted by Gasteiger charge is -2.34. The maximum Gasteiger partial charge on any atom is 0.245 e. The van der Waals surface area contributed by atoms with Gasteiger partial charge in [-0.3, -0.25) is 4.98 Å². The smallest absolute Gasteiger partial charge is 0.245 e. The molecule has 0 spiro atoms. The molecule has 0 radical (unpaired) electrons. The molecule has 2 rings (SSSR count). The lowest BCUT2D eigenvalue weighted by Crippen LogP contribution is -2.44. The van der Waals surface area contributed by atoms with Gasteiger partial charge in [0.2, 0.25) is 10.0 Å². The van der Waals surface area contributed by atoms with Crippen molar-refractivity contribution in [3.05, 3.63) is 24.0 Å². The summed E-state index contributed by atoms with van der Waals surface area (Å²) in [4.78, 5) is 6.23. The van der Waals surface area contributed by atoms with Crippen molar-refractivity contribution < 1.29 is 8.42 Å².